The molecule has 0 aromatic heterocycles. The van der Waals surface area contributed by atoms with E-state index in [9.17, 15) is 13.2 Å². The fraction of sp³-hybridized carbons (Fsp3) is 0.188. The van der Waals surface area contributed by atoms with Crippen molar-refractivity contribution >= 4 is 78.6 Å². The van der Waals surface area contributed by atoms with Crippen LogP contribution in [0, 0.1) is 0 Å². The fourth-order valence-electron chi connectivity index (χ4n) is 4.35. The predicted octanol–water partition coefficient (Wildman–Crippen LogP) is 7.37. The number of benzene rings is 4. The molecule has 0 fully saturated rings. The third-order valence-corrected chi connectivity index (χ3v) is 9.98. The highest BCUT2D eigenvalue weighted by Gasteiger charge is 2.31. The van der Waals surface area contributed by atoms with Gasteiger partial charge in [0.2, 0.25) is 0 Å². The van der Waals surface area contributed by atoms with Crippen LogP contribution in [0.3, 0.4) is 0 Å². The summed E-state index contributed by atoms with van der Waals surface area (Å²) < 4.78 is 56.8. The molecule has 254 valence electrons. The first-order valence-corrected chi connectivity index (χ1v) is 17.1. The summed E-state index contributed by atoms with van der Waals surface area (Å²) in [6.45, 7) is -0.491. The molecular weight excluding hydrogens is 773 g/mol. The van der Waals surface area contributed by atoms with Gasteiger partial charge < -0.3 is 23.7 Å². The Bertz CT molecular complexity index is 1950. The van der Waals surface area contributed by atoms with Gasteiger partial charge in [-0.15, -0.1) is 0 Å². The van der Waals surface area contributed by atoms with Gasteiger partial charge in [-0.25, -0.2) is 13.8 Å². The van der Waals surface area contributed by atoms with Crippen molar-refractivity contribution in [3.63, 3.8) is 0 Å². The number of carbonyl (C=O) groups excluding carboxylic acids is 1. The molecule has 1 amide bonds. The quantitative estimate of drug-likeness (QED) is 0.104. The van der Waals surface area contributed by atoms with Crippen LogP contribution in [0.1, 0.15) is 11.1 Å². The Morgan fingerprint density at radius 1 is 0.833 bits per heavy atom. The molecule has 0 atom stereocenters. The number of methoxy groups -OCH3 is 4. The number of carbonyl (C=O) groups is 1. The van der Waals surface area contributed by atoms with Crippen LogP contribution in [0.4, 0.5) is 5.69 Å². The van der Waals surface area contributed by atoms with Crippen LogP contribution in [-0.2, 0) is 21.4 Å². The highest BCUT2D eigenvalue weighted by Crippen LogP contribution is 2.38. The summed E-state index contributed by atoms with van der Waals surface area (Å²) in [5, 5.41) is 5.09. The molecule has 4 aromatic carbocycles. The maximum Gasteiger partial charge on any atom is 0.265 e. The van der Waals surface area contributed by atoms with E-state index in [4.69, 9.17) is 58.5 Å². The summed E-state index contributed by atoms with van der Waals surface area (Å²) in [6, 6.07) is 17.0. The van der Waals surface area contributed by atoms with Crippen molar-refractivity contribution in [3.05, 3.63) is 97.4 Å². The number of hydrogen-bond donors (Lipinski definition) is 1. The maximum absolute atomic E-state index is 14.0. The average molecular weight is 802 g/mol. The number of nitrogens with one attached hydrogen (secondary N) is 1. The van der Waals surface area contributed by atoms with Gasteiger partial charge in [-0.1, -0.05) is 40.9 Å². The van der Waals surface area contributed by atoms with E-state index in [0.29, 0.717) is 37.3 Å². The van der Waals surface area contributed by atoms with Gasteiger partial charge in [0.1, 0.15) is 18.9 Å². The highest BCUT2D eigenvalue weighted by molar-refractivity contribution is 9.10. The van der Waals surface area contributed by atoms with Gasteiger partial charge >= 0.3 is 0 Å². The topological polar surface area (TPSA) is 125 Å². The maximum atomic E-state index is 14.0. The van der Waals surface area contributed by atoms with E-state index in [2.05, 4.69) is 26.5 Å². The van der Waals surface area contributed by atoms with Crippen molar-refractivity contribution < 1.29 is 36.9 Å². The second kappa shape index (κ2) is 16.5. The van der Waals surface area contributed by atoms with E-state index in [1.807, 2.05) is 0 Å². The SMILES string of the molecule is COc1ccc(S(=O)(=O)N(CC(=O)N/N=C/c2cc(Br)c(OCc3ccc(Cl)c(Cl)c3)c(OC)c2)c2cc(Cl)ccc2OC)cc1OC. The number of ether oxygens (including phenoxy) is 5. The molecule has 0 aliphatic heterocycles. The monoisotopic (exact) mass is 799 g/mol. The molecule has 16 heteroatoms. The van der Waals surface area contributed by atoms with E-state index < -0.39 is 22.5 Å². The van der Waals surface area contributed by atoms with Crippen LogP contribution < -0.4 is 33.4 Å². The van der Waals surface area contributed by atoms with Gasteiger partial charge in [-0.05, 0) is 81.7 Å². The number of hydrazone groups is 1. The molecule has 1 N–H and O–H groups in total. The van der Waals surface area contributed by atoms with Crippen molar-refractivity contribution in [2.75, 3.05) is 39.3 Å². The zero-order valence-electron chi connectivity index (χ0n) is 25.9. The first-order valence-electron chi connectivity index (χ1n) is 13.8. The highest BCUT2D eigenvalue weighted by atomic mass is 79.9. The molecule has 0 saturated carbocycles. The molecule has 0 heterocycles. The lowest BCUT2D eigenvalue weighted by molar-refractivity contribution is -0.119. The van der Waals surface area contributed by atoms with Gasteiger partial charge in [0, 0.05) is 11.1 Å². The molecule has 48 heavy (non-hydrogen) atoms. The van der Waals surface area contributed by atoms with Crippen LogP contribution in [0.2, 0.25) is 15.1 Å². The summed E-state index contributed by atoms with van der Waals surface area (Å²) in [6.07, 6.45) is 1.36. The van der Waals surface area contributed by atoms with Crippen LogP contribution in [0.5, 0.6) is 28.7 Å². The Kier molecular flexibility index (Phi) is 12.7. The second-order valence-corrected chi connectivity index (χ2v) is 13.7. The standard InChI is InChI=1S/C32H29BrCl3N3O8S/c1-43-27-9-6-21(34)14-26(27)39(48(41,42)22-7-10-28(44-2)29(15-22)45-3)17-31(40)38-37-16-20-11-23(33)32(30(13-20)46-4)47-18-19-5-8-24(35)25(36)12-19/h5-16H,17-18H2,1-4H3,(H,38,40)/b37-16+. The Morgan fingerprint density at radius 3 is 2.19 bits per heavy atom. The van der Waals surface area contributed by atoms with Crippen LogP contribution in [-0.4, -0.2) is 55.5 Å². The van der Waals surface area contributed by atoms with E-state index in [-0.39, 0.29) is 33.7 Å². The third kappa shape index (κ3) is 8.77. The first kappa shape index (κ1) is 36.9. The molecule has 0 unspecified atom stereocenters. The summed E-state index contributed by atoms with van der Waals surface area (Å²) in [4.78, 5) is 13.0. The zero-order chi connectivity index (χ0) is 35.0. The lowest BCUT2D eigenvalue weighted by Gasteiger charge is -2.25. The van der Waals surface area contributed by atoms with E-state index in [0.717, 1.165) is 9.87 Å². The Morgan fingerprint density at radius 2 is 1.52 bits per heavy atom. The number of halogens is 4. The number of hydrogen-bond acceptors (Lipinski definition) is 9. The number of anilines is 1. The average Bonchev–Trinajstić information content (AvgIpc) is 3.07. The van der Waals surface area contributed by atoms with Crippen molar-refractivity contribution in [2.45, 2.75) is 11.5 Å². The lowest BCUT2D eigenvalue weighted by atomic mass is 10.2. The fourth-order valence-corrected chi connectivity index (χ4v) is 6.85. The lowest BCUT2D eigenvalue weighted by Crippen LogP contribution is -2.39. The van der Waals surface area contributed by atoms with Crippen molar-refractivity contribution in [1.29, 1.82) is 0 Å². The van der Waals surface area contributed by atoms with Gasteiger partial charge in [0.05, 0.1) is 59.8 Å². The largest absolute Gasteiger partial charge is 0.495 e. The van der Waals surface area contributed by atoms with Crippen molar-refractivity contribution in [2.24, 2.45) is 5.10 Å². The number of nitrogens with zero attached hydrogens (tertiary/aromatic N) is 2. The van der Waals surface area contributed by atoms with Crippen LogP contribution in [0.25, 0.3) is 0 Å². The van der Waals surface area contributed by atoms with Gasteiger partial charge in [0.15, 0.2) is 23.0 Å². The molecule has 4 aromatic rings. The molecule has 0 saturated heterocycles. The Labute approximate surface area is 301 Å². The normalized spacial score (nSPS) is 11.2. The Balaban J connectivity index is 1.56. The van der Waals surface area contributed by atoms with Crippen molar-refractivity contribution in [3.8, 4) is 28.7 Å². The Hall–Kier alpha value is -3.88. The van der Waals surface area contributed by atoms with E-state index in [1.165, 1.54) is 71.1 Å². The molecular formula is C32H29BrCl3N3O8S. The summed E-state index contributed by atoms with van der Waals surface area (Å²) in [5.74, 6) is 0.722. The molecule has 0 bridgehead atoms. The minimum absolute atomic E-state index is 0.0315. The van der Waals surface area contributed by atoms with Crippen molar-refractivity contribution in [1.82, 2.24) is 5.43 Å². The summed E-state index contributed by atoms with van der Waals surface area (Å²) >= 11 is 21.8. The van der Waals surface area contributed by atoms with E-state index in [1.54, 1.807) is 30.3 Å². The summed E-state index contributed by atoms with van der Waals surface area (Å²) in [7, 11) is 1.27. The smallest absolute Gasteiger partial charge is 0.265 e. The minimum Gasteiger partial charge on any atom is -0.495 e. The van der Waals surface area contributed by atoms with Crippen LogP contribution >= 0.6 is 50.7 Å². The molecule has 0 radical (unpaired) electrons. The molecule has 0 aliphatic rings. The number of sulfonamides is 1. The number of rotatable bonds is 14. The molecule has 4 rings (SSSR count). The van der Waals surface area contributed by atoms with Crippen LogP contribution in [0.15, 0.2) is 81.2 Å². The second-order valence-electron chi connectivity index (χ2n) is 9.71. The third-order valence-electron chi connectivity index (χ3n) is 6.66. The predicted molar refractivity (Wildman–Crippen MR) is 189 cm³/mol. The molecule has 0 spiro atoms. The van der Waals surface area contributed by atoms with Gasteiger partial charge in [0.25, 0.3) is 15.9 Å². The summed E-state index contributed by atoms with van der Waals surface area (Å²) in [5.41, 5.74) is 3.73. The van der Waals surface area contributed by atoms with Gasteiger partial charge in [-0.2, -0.15) is 5.10 Å². The number of amides is 1. The van der Waals surface area contributed by atoms with Gasteiger partial charge in [-0.3, -0.25) is 9.10 Å². The molecule has 0 aliphatic carbocycles. The molecule has 11 nitrogen and oxygen atoms in total. The first-order chi connectivity index (χ1) is 22.9. The van der Waals surface area contributed by atoms with E-state index >= 15 is 0 Å². The minimum atomic E-state index is -4.39. The zero-order valence-corrected chi connectivity index (χ0v) is 30.6.